The number of nitrogens with zero attached hydrogens (tertiary/aromatic N) is 2. The summed E-state index contributed by atoms with van der Waals surface area (Å²) in [5.41, 5.74) is 2.72. The van der Waals surface area contributed by atoms with Gasteiger partial charge in [0.15, 0.2) is 0 Å². The van der Waals surface area contributed by atoms with Crippen LogP contribution in [0.4, 0.5) is 4.39 Å². The molecule has 146 valence electrons. The molecule has 5 nitrogen and oxygen atoms in total. The highest BCUT2D eigenvalue weighted by molar-refractivity contribution is 5.73. The van der Waals surface area contributed by atoms with Crippen LogP contribution in [-0.2, 0) is 11.3 Å². The van der Waals surface area contributed by atoms with Crippen LogP contribution in [0.3, 0.4) is 0 Å². The molecule has 0 spiro atoms. The fourth-order valence-electron chi connectivity index (χ4n) is 2.83. The van der Waals surface area contributed by atoms with E-state index in [4.69, 9.17) is 5.10 Å². The van der Waals surface area contributed by atoms with Crippen molar-refractivity contribution in [3.8, 4) is 16.9 Å². The number of hydrogen-bond donors (Lipinski definition) is 2. The first-order valence-corrected chi connectivity index (χ1v) is 9.21. The summed E-state index contributed by atoms with van der Waals surface area (Å²) < 4.78 is 15.1. The van der Waals surface area contributed by atoms with Gasteiger partial charge in [0.2, 0.25) is 0 Å². The van der Waals surface area contributed by atoms with E-state index >= 15 is 0 Å². The van der Waals surface area contributed by atoms with Crippen molar-refractivity contribution < 1.29 is 14.3 Å². The summed E-state index contributed by atoms with van der Waals surface area (Å²) in [6, 6.07) is 16.0. The molecular weight excluding hydrogens is 357 g/mol. The summed E-state index contributed by atoms with van der Waals surface area (Å²) in [6.45, 7) is 4.54. The highest BCUT2D eigenvalue weighted by atomic mass is 19.1. The van der Waals surface area contributed by atoms with Crippen LogP contribution in [0.5, 0.6) is 0 Å². The number of carboxylic acid groups (broad SMARTS) is 1. The third-order valence-corrected chi connectivity index (χ3v) is 4.75. The van der Waals surface area contributed by atoms with Gasteiger partial charge in [0, 0.05) is 23.9 Å². The Kier molecular flexibility index (Phi) is 5.90. The minimum Gasteiger partial charge on any atom is -0.481 e. The normalized spacial score (nSPS) is 11.5. The van der Waals surface area contributed by atoms with Gasteiger partial charge >= 0.3 is 5.97 Å². The second-order valence-corrected chi connectivity index (χ2v) is 7.41. The highest BCUT2D eigenvalue weighted by Crippen LogP contribution is 2.24. The fraction of sp³-hybridized carbons (Fsp3) is 0.273. The first-order chi connectivity index (χ1) is 13.4. The van der Waals surface area contributed by atoms with Crippen molar-refractivity contribution in [3.05, 3.63) is 72.2 Å². The molecule has 0 aliphatic carbocycles. The largest absolute Gasteiger partial charge is 0.481 e. The van der Waals surface area contributed by atoms with Crippen LogP contribution in [0.15, 0.2) is 60.8 Å². The standard InChI is InChI=1S/C22H24FN3O2/c1-22(2,21(27)28)12-13-24-14-17-15-26(19-6-4-3-5-7-19)25-20(17)16-8-10-18(23)11-9-16/h3-11,15,24H,12-14H2,1-2H3,(H,27,28). The average Bonchev–Trinajstić information content (AvgIpc) is 3.10. The molecule has 0 radical (unpaired) electrons. The molecule has 0 atom stereocenters. The zero-order valence-corrected chi connectivity index (χ0v) is 16.0. The summed E-state index contributed by atoms with van der Waals surface area (Å²) >= 11 is 0. The van der Waals surface area contributed by atoms with Gasteiger partial charge in [-0.15, -0.1) is 0 Å². The lowest BCUT2D eigenvalue weighted by Crippen LogP contribution is -2.28. The quantitative estimate of drug-likeness (QED) is 0.572. The molecule has 0 saturated heterocycles. The van der Waals surface area contributed by atoms with Crippen molar-refractivity contribution in [2.45, 2.75) is 26.8 Å². The zero-order chi connectivity index (χ0) is 20.1. The van der Waals surface area contributed by atoms with Gasteiger partial charge in [-0.3, -0.25) is 4.79 Å². The fourth-order valence-corrected chi connectivity index (χ4v) is 2.83. The molecule has 0 aliphatic rings. The third-order valence-electron chi connectivity index (χ3n) is 4.75. The maximum atomic E-state index is 13.3. The number of benzene rings is 2. The smallest absolute Gasteiger partial charge is 0.309 e. The molecule has 0 amide bonds. The minimum absolute atomic E-state index is 0.290. The van der Waals surface area contributed by atoms with Crippen LogP contribution >= 0.6 is 0 Å². The Bertz CT molecular complexity index is 934. The van der Waals surface area contributed by atoms with Crippen LogP contribution in [-0.4, -0.2) is 27.4 Å². The number of halogens is 1. The molecule has 28 heavy (non-hydrogen) atoms. The predicted molar refractivity (Wildman–Crippen MR) is 107 cm³/mol. The van der Waals surface area contributed by atoms with Gasteiger partial charge in [0.1, 0.15) is 5.82 Å². The first kappa shape index (κ1) is 19.8. The number of hydrogen-bond acceptors (Lipinski definition) is 3. The van der Waals surface area contributed by atoms with Gasteiger partial charge in [-0.2, -0.15) is 5.10 Å². The van der Waals surface area contributed by atoms with Gasteiger partial charge in [0.25, 0.3) is 0 Å². The number of carboxylic acids is 1. The minimum atomic E-state index is -0.807. The average molecular weight is 381 g/mol. The topological polar surface area (TPSA) is 67.2 Å². The Morgan fingerprint density at radius 2 is 1.82 bits per heavy atom. The van der Waals surface area contributed by atoms with Crippen molar-refractivity contribution >= 4 is 5.97 Å². The van der Waals surface area contributed by atoms with Gasteiger partial charge < -0.3 is 10.4 Å². The van der Waals surface area contributed by atoms with Crippen LogP contribution in [0, 0.1) is 11.2 Å². The molecule has 2 N–H and O–H groups in total. The predicted octanol–water partition coefficient (Wildman–Crippen LogP) is 4.27. The molecule has 3 rings (SSSR count). The van der Waals surface area contributed by atoms with Gasteiger partial charge in [-0.05, 0) is 63.2 Å². The molecule has 1 heterocycles. The van der Waals surface area contributed by atoms with E-state index in [1.807, 2.05) is 36.5 Å². The van der Waals surface area contributed by atoms with E-state index in [2.05, 4.69) is 5.32 Å². The maximum Gasteiger partial charge on any atom is 0.309 e. The van der Waals surface area contributed by atoms with Crippen molar-refractivity contribution in [1.82, 2.24) is 15.1 Å². The molecule has 1 aromatic heterocycles. The second kappa shape index (κ2) is 8.35. The number of para-hydroxylation sites is 1. The number of nitrogens with one attached hydrogen (secondary N) is 1. The molecule has 0 aliphatic heterocycles. The molecule has 0 unspecified atom stereocenters. The molecule has 0 bridgehead atoms. The monoisotopic (exact) mass is 381 g/mol. The van der Waals surface area contributed by atoms with Crippen molar-refractivity contribution in [2.24, 2.45) is 5.41 Å². The molecule has 3 aromatic rings. The summed E-state index contributed by atoms with van der Waals surface area (Å²) in [5, 5.41) is 17.2. The van der Waals surface area contributed by atoms with Gasteiger partial charge in [-0.25, -0.2) is 9.07 Å². The Hall–Kier alpha value is -2.99. The Labute approximate surface area is 163 Å². The Balaban J connectivity index is 1.81. The lowest BCUT2D eigenvalue weighted by Gasteiger charge is -2.18. The maximum absolute atomic E-state index is 13.3. The van der Waals surface area contributed by atoms with Crippen molar-refractivity contribution in [3.63, 3.8) is 0 Å². The highest BCUT2D eigenvalue weighted by Gasteiger charge is 2.26. The van der Waals surface area contributed by atoms with Gasteiger partial charge in [-0.1, -0.05) is 18.2 Å². The van der Waals surface area contributed by atoms with E-state index in [1.165, 1.54) is 12.1 Å². The van der Waals surface area contributed by atoms with E-state index in [1.54, 1.807) is 30.7 Å². The van der Waals surface area contributed by atoms with Crippen LogP contribution in [0.1, 0.15) is 25.8 Å². The summed E-state index contributed by atoms with van der Waals surface area (Å²) in [6.07, 6.45) is 2.46. The van der Waals surface area contributed by atoms with Crippen LogP contribution < -0.4 is 5.32 Å². The number of aromatic nitrogens is 2. The van der Waals surface area contributed by atoms with E-state index in [-0.39, 0.29) is 5.82 Å². The van der Waals surface area contributed by atoms with E-state index in [0.717, 1.165) is 22.5 Å². The third kappa shape index (κ3) is 4.64. The van der Waals surface area contributed by atoms with Crippen LogP contribution in [0.2, 0.25) is 0 Å². The molecule has 0 fully saturated rings. The van der Waals surface area contributed by atoms with Crippen molar-refractivity contribution in [1.29, 1.82) is 0 Å². The molecular formula is C22H24FN3O2. The Morgan fingerprint density at radius 1 is 1.14 bits per heavy atom. The molecule has 6 heteroatoms. The van der Waals surface area contributed by atoms with Gasteiger partial charge in [0.05, 0.1) is 16.8 Å². The second-order valence-electron chi connectivity index (χ2n) is 7.41. The first-order valence-electron chi connectivity index (χ1n) is 9.21. The summed E-state index contributed by atoms with van der Waals surface area (Å²) in [5.74, 6) is -1.10. The summed E-state index contributed by atoms with van der Waals surface area (Å²) in [4.78, 5) is 11.2. The Morgan fingerprint density at radius 3 is 2.46 bits per heavy atom. The number of carbonyl (C=O) groups is 1. The van der Waals surface area contributed by atoms with E-state index in [0.29, 0.717) is 19.5 Å². The van der Waals surface area contributed by atoms with E-state index < -0.39 is 11.4 Å². The number of rotatable bonds is 8. The molecule has 2 aromatic carbocycles. The molecule has 0 saturated carbocycles. The summed E-state index contributed by atoms with van der Waals surface area (Å²) in [7, 11) is 0. The lowest BCUT2D eigenvalue weighted by atomic mass is 9.90. The lowest BCUT2D eigenvalue weighted by molar-refractivity contribution is -0.147. The number of aliphatic carboxylic acids is 1. The van der Waals surface area contributed by atoms with Crippen molar-refractivity contribution in [2.75, 3.05) is 6.54 Å². The van der Waals surface area contributed by atoms with Crippen LogP contribution in [0.25, 0.3) is 16.9 Å². The van der Waals surface area contributed by atoms with E-state index in [9.17, 15) is 14.3 Å². The SMILES string of the molecule is CC(C)(CCNCc1cn(-c2ccccc2)nc1-c1ccc(F)cc1)C(=O)O. The zero-order valence-electron chi connectivity index (χ0n) is 16.0.